The number of carbonyl (C=O) groups is 1. The molecular formula is C27H27N3O3. The van der Waals surface area contributed by atoms with E-state index in [2.05, 4.69) is 21.3 Å². The minimum absolute atomic E-state index is 0.0912. The first-order chi connectivity index (χ1) is 16.0. The lowest BCUT2D eigenvalue weighted by molar-refractivity contribution is 0.0922. The van der Waals surface area contributed by atoms with Crippen LogP contribution in [0.2, 0.25) is 0 Å². The van der Waals surface area contributed by atoms with Gasteiger partial charge < -0.3 is 19.9 Å². The molecule has 2 N–H and O–H groups in total. The number of pyridine rings is 1. The van der Waals surface area contributed by atoms with Crippen LogP contribution in [-0.2, 0) is 4.74 Å². The molecule has 1 amide bonds. The highest BCUT2D eigenvalue weighted by molar-refractivity contribution is 5.97. The molecule has 6 heteroatoms. The van der Waals surface area contributed by atoms with Crippen molar-refractivity contribution >= 4 is 27.9 Å². The third kappa shape index (κ3) is 4.34. The number of hydrogen-bond donors (Lipinski definition) is 2. The van der Waals surface area contributed by atoms with Gasteiger partial charge in [0.2, 0.25) is 0 Å². The number of carbonyl (C=O) groups excluding carboxylic acids is 1. The van der Waals surface area contributed by atoms with Gasteiger partial charge >= 0.3 is 0 Å². The summed E-state index contributed by atoms with van der Waals surface area (Å²) in [5.74, 6) is -0.0954. The molecule has 0 bridgehead atoms. The Morgan fingerprint density at radius 3 is 2.48 bits per heavy atom. The summed E-state index contributed by atoms with van der Waals surface area (Å²) in [6, 6.07) is 15.4. The highest BCUT2D eigenvalue weighted by Crippen LogP contribution is 2.30. The summed E-state index contributed by atoms with van der Waals surface area (Å²) in [7, 11) is 0. The minimum atomic E-state index is -0.485. The summed E-state index contributed by atoms with van der Waals surface area (Å²) in [6.45, 7) is 5.22. The zero-order valence-electron chi connectivity index (χ0n) is 18.6. The van der Waals surface area contributed by atoms with E-state index in [1.54, 1.807) is 6.20 Å². The molecule has 1 fully saturated rings. The van der Waals surface area contributed by atoms with E-state index in [4.69, 9.17) is 4.74 Å². The molecule has 1 unspecified atom stereocenters. The monoisotopic (exact) mass is 441 g/mol. The maximum absolute atomic E-state index is 12.9. The molecule has 2 aromatic carbocycles. The number of morpholine rings is 1. The summed E-state index contributed by atoms with van der Waals surface area (Å²) in [4.78, 5) is 30.2. The molecule has 1 aliphatic heterocycles. The van der Waals surface area contributed by atoms with Gasteiger partial charge in [0.25, 0.3) is 11.5 Å². The third-order valence-electron chi connectivity index (χ3n) is 6.40. The van der Waals surface area contributed by atoms with Gasteiger partial charge in [-0.25, -0.2) is 0 Å². The molecule has 1 saturated heterocycles. The number of aromatic amines is 1. The number of hydrogen-bond acceptors (Lipinski definition) is 4. The van der Waals surface area contributed by atoms with Crippen molar-refractivity contribution in [2.45, 2.75) is 18.9 Å². The van der Waals surface area contributed by atoms with Gasteiger partial charge in [0.1, 0.15) is 0 Å². The smallest absolute Gasteiger partial charge is 0.255 e. The van der Waals surface area contributed by atoms with Crippen molar-refractivity contribution in [1.29, 1.82) is 0 Å². The minimum Gasteiger partial charge on any atom is -0.378 e. The molecule has 0 spiro atoms. The van der Waals surface area contributed by atoms with Crippen molar-refractivity contribution in [3.63, 3.8) is 0 Å². The molecule has 168 valence electrons. The lowest BCUT2D eigenvalue weighted by Gasteiger charge is -2.30. The number of nitrogens with one attached hydrogen (secondary N) is 2. The number of nitrogens with zero attached hydrogens (tertiary/aromatic N) is 1. The van der Waals surface area contributed by atoms with E-state index in [9.17, 15) is 9.59 Å². The van der Waals surface area contributed by atoms with Crippen molar-refractivity contribution in [1.82, 2.24) is 10.3 Å². The molecule has 6 nitrogen and oxygen atoms in total. The second kappa shape index (κ2) is 8.71. The van der Waals surface area contributed by atoms with Crippen molar-refractivity contribution in [2.24, 2.45) is 0 Å². The Morgan fingerprint density at radius 2 is 1.79 bits per heavy atom. The third-order valence-corrected chi connectivity index (χ3v) is 6.40. The number of rotatable bonds is 4. The highest BCUT2D eigenvalue weighted by atomic mass is 16.5. The Labute approximate surface area is 192 Å². The Hall–Kier alpha value is -3.64. The molecule has 33 heavy (non-hydrogen) atoms. The van der Waals surface area contributed by atoms with Crippen molar-refractivity contribution in [3.05, 3.63) is 94.4 Å². The first-order valence-electron chi connectivity index (χ1n) is 11.3. The molecule has 0 saturated carbocycles. The summed E-state index contributed by atoms with van der Waals surface area (Å²) in [6.07, 6.45) is 8.58. The highest BCUT2D eigenvalue weighted by Gasteiger charge is 2.26. The summed E-state index contributed by atoms with van der Waals surface area (Å²) in [5.41, 5.74) is 3.19. The van der Waals surface area contributed by atoms with Crippen LogP contribution in [0.3, 0.4) is 0 Å². The van der Waals surface area contributed by atoms with Gasteiger partial charge in [-0.1, -0.05) is 36.4 Å². The SMILES string of the molecule is CC1(NC(=O)c2ccc(N3CCOCC3)cc2)C=CC(c2c[nH]c(=O)c3ccccc23)=CC1. The molecule has 1 aliphatic carbocycles. The van der Waals surface area contributed by atoms with Gasteiger partial charge in [-0.05, 0) is 54.6 Å². The van der Waals surface area contributed by atoms with Crippen molar-refractivity contribution in [3.8, 4) is 0 Å². The number of amides is 1. The van der Waals surface area contributed by atoms with Crippen molar-refractivity contribution in [2.75, 3.05) is 31.2 Å². The largest absolute Gasteiger partial charge is 0.378 e. The van der Waals surface area contributed by atoms with Crippen LogP contribution < -0.4 is 15.8 Å². The van der Waals surface area contributed by atoms with Gasteiger partial charge in [0.05, 0.1) is 18.8 Å². The number of benzene rings is 2. The molecule has 0 radical (unpaired) electrons. The van der Waals surface area contributed by atoms with Gasteiger partial charge in [0.15, 0.2) is 0 Å². The Kier molecular flexibility index (Phi) is 5.60. The van der Waals surface area contributed by atoms with Gasteiger partial charge in [-0.3, -0.25) is 9.59 Å². The van der Waals surface area contributed by atoms with E-state index in [-0.39, 0.29) is 11.5 Å². The van der Waals surface area contributed by atoms with E-state index in [0.29, 0.717) is 17.4 Å². The number of ether oxygens (including phenoxy) is 1. The van der Waals surface area contributed by atoms with E-state index in [0.717, 1.165) is 48.5 Å². The lowest BCUT2D eigenvalue weighted by atomic mass is 9.87. The van der Waals surface area contributed by atoms with Crippen LogP contribution in [0, 0.1) is 0 Å². The average Bonchev–Trinajstić information content (AvgIpc) is 2.86. The molecule has 3 aromatic rings. The number of fused-ring (bicyclic) bond motifs is 1. The fourth-order valence-electron chi connectivity index (χ4n) is 4.45. The Balaban J connectivity index is 1.29. The van der Waals surface area contributed by atoms with E-state index < -0.39 is 5.54 Å². The van der Waals surface area contributed by atoms with E-state index >= 15 is 0 Å². The van der Waals surface area contributed by atoms with Crippen LogP contribution in [0.4, 0.5) is 5.69 Å². The molecule has 5 rings (SSSR count). The van der Waals surface area contributed by atoms with E-state index in [1.165, 1.54) is 0 Å². The van der Waals surface area contributed by atoms with E-state index in [1.807, 2.05) is 67.6 Å². The zero-order valence-corrected chi connectivity index (χ0v) is 18.6. The first-order valence-corrected chi connectivity index (χ1v) is 11.3. The zero-order chi connectivity index (χ0) is 22.8. The van der Waals surface area contributed by atoms with Gasteiger partial charge in [0, 0.05) is 41.5 Å². The average molecular weight is 442 g/mol. The molecule has 2 aliphatic rings. The topological polar surface area (TPSA) is 74.4 Å². The summed E-state index contributed by atoms with van der Waals surface area (Å²) in [5, 5.41) is 4.76. The van der Waals surface area contributed by atoms with Crippen LogP contribution in [0.1, 0.15) is 29.3 Å². The van der Waals surface area contributed by atoms with Crippen LogP contribution in [0.25, 0.3) is 16.3 Å². The predicted molar refractivity (Wildman–Crippen MR) is 132 cm³/mol. The molecule has 2 heterocycles. The summed E-state index contributed by atoms with van der Waals surface area (Å²) < 4.78 is 5.41. The maximum Gasteiger partial charge on any atom is 0.255 e. The molecule has 1 atom stereocenters. The fourth-order valence-corrected chi connectivity index (χ4v) is 4.45. The summed E-state index contributed by atoms with van der Waals surface area (Å²) >= 11 is 0. The normalized spacial score (nSPS) is 20.5. The maximum atomic E-state index is 12.9. The van der Waals surface area contributed by atoms with Crippen LogP contribution in [0.15, 0.2) is 77.8 Å². The quantitative estimate of drug-likeness (QED) is 0.644. The Bertz CT molecular complexity index is 1300. The standard InChI is InChI=1S/C27H27N3O3/c1-27(29-25(31)20-6-8-21(9-7-20)30-14-16-33-17-15-30)12-10-19(11-13-27)24-18-28-26(32)23-5-3-2-4-22(23)24/h2-12,18H,13-17H2,1H3,(H,28,32)(H,29,31). The van der Waals surface area contributed by atoms with Crippen molar-refractivity contribution < 1.29 is 9.53 Å². The molecule has 1 aromatic heterocycles. The fraction of sp³-hybridized carbons (Fsp3) is 0.259. The van der Waals surface area contributed by atoms with Gasteiger partial charge in [-0.2, -0.15) is 0 Å². The first kappa shape index (κ1) is 21.2. The van der Waals surface area contributed by atoms with Gasteiger partial charge in [-0.15, -0.1) is 0 Å². The lowest BCUT2D eigenvalue weighted by Crippen LogP contribution is -2.44. The van der Waals surface area contributed by atoms with Crippen LogP contribution in [-0.4, -0.2) is 42.7 Å². The second-order valence-electron chi connectivity index (χ2n) is 8.79. The number of allylic oxidation sites excluding steroid dienone is 2. The van der Waals surface area contributed by atoms with Crippen LogP contribution in [0.5, 0.6) is 0 Å². The predicted octanol–water partition coefficient (Wildman–Crippen LogP) is 3.90. The number of anilines is 1. The number of aromatic nitrogens is 1. The molecular weight excluding hydrogens is 414 g/mol. The Morgan fingerprint density at radius 1 is 1.06 bits per heavy atom. The van der Waals surface area contributed by atoms with Crippen LogP contribution >= 0.6 is 0 Å². The second-order valence-corrected chi connectivity index (χ2v) is 8.79. The number of H-pyrrole nitrogens is 1.